The lowest BCUT2D eigenvalue weighted by Crippen LogP contribution is -2.50. The second-order valence-corrected chi connectivity index (χ2v) is 12.7. The van der Waals surface area contributed by atoms with Crippen molar-refractivity contribution in [2.24, 2.45) is 5.92 Å². The van der Waals surface area contributed by atoms with Crippen LogP contribution in [-0.2, 0) is 19.4 Å². The Balaban J connectivity index is 1.97. The molecule has 9 nitrogen and oxygen atoms in total. The molecule has 12 heteroatoms. The summed E-state index contributed by atoms with van der Waals surface area (Å²) in [6.45, 7) is 5.23. The molecule has 190 valence electrons. The number of sulfone groups is 1. The first-order valence-corrected chi connectivity index (χ1v) is 14.7. The summed E-state index contributed by atoms with van der Waals surface area (Å²) in [5, 5.41) is 8.88. The van der Waals surface area contributed by atoms with Gasteiger partial charge in [-0.3, -0.25) is 14.9 Å². The van der Waals surface area contributed by atoms with E-state index in [0.29, 0.717) is 0 Å². The Kier molecular flexibility index (Phi) is 11.1. The van der Waals surface area contributed by atoms with Crippen LogP contribution in [0, 0.1) is 5.92 Å². The molecule has 1 atom stereocenters. The Morgan fingerprint density at radius 1 is 1.26 bits per heavy atom. The maximum atomic E-state index is 12.8. The maximum absolute atomic E-state index is 12.8. The van der Waals surface area contributed by atoms with Gasteiger partial charge in [-0.15, -0.1) is 11.3 Å². The minimum Gasteiger partial charge on any atom is -0.448 e. The largest absolute Gasteiger partial charge is 0.448 e. The van der Waals surface area contributed by atoms with Gasteiger partial charge in [0.2, 0.25) is 0 Å². The van der Waals surface area contributed by atoms with E-state index in [1.807, 2.05) is 0 Å². The van der Waals surface area contributed by atoms with Crippen molar-refractivity contribution in [3.05, 3.63) is 18.2 Å². The quantitative estimate of drug-likeness (QED) is 0.169. The van der Waals surface area contributed by atoms with Gasteiger partial charge in [0.15, 0.2) is 14.2 Å². The minimum absolute atomic E-state index is 0.146. The SMILES string of the molecule is CCCCCCSc1nc2ccc(S(=O)(=O)CCOC(=O)N(C)[C@@H](C(=O)NO)C(C)C)cc2s1. The van der Waals surface area contributed by atoms with Crippen LogP contribution >= 0.6 is 23.1 Å². The van der Waals surface area contributed by atoms with Gasteiger partial charge in [0, 0.05) is 12.8 Å². The molecule has 0 saturated heterocycles. The smallest absolute Gasteiger partial charge is 0.410 e. The van der Waals surface area contributed by atoms with Crippen LogP contribution in [0.1, 0.15) is 46.5 Å². The van der Waals surface area contributed by atoms with Gasteiger partial charge in [-0.1, -0.05) is 51.8 Å². The van der Waals surface area contributed by atoms with Crippen molar-refractivity contribution in [2.45, 2.75) is 61.7 Å². The van der Waals surface area contributed by atoms with E-state index in [2.05, 4.69) is 11.9 Å². The summed E-state index contributed by atoms with van der Waals surface area (Å²) >= 11 is 3.16. The molecule has 0 unspecified atom stereocenters. The first kappa shape index (κ1) is 28.3. The van der Waals surface area contributed by atoms with Gasteiger partial charge in [0.25, 0.3) is 5.91 Å². The standard InChI is InChI=1S/C22H33N3O6S3/c1-5-6-7-8-12-32-21-23-17-10-9-16(14-18(17)33-21)34(29,30)13-11-31-22(27)25(4)19(15(2)3)20(26)24-28/h9-10,14-15,19,28H,5-8,11-13H2,1-4H3,(H,24,26)/t19-/m1/s1. The fourth-order valence-corrected chi connectivity index (χ4v) is 6.75. The van der Waals surface area contributed by atoms with Gasteiger partial charge < -0.3 is 4.74 Å². The van der Waals surface area contributed by atoms with Crippen LogP contribution in [0.15, 0.2) is 27.4 Å². The number of hydroxylamine groups is 1. The highest BCUT2D eigenvalue weighted by atomic mass is 32.2. The number of likely N-dealkylation sites (N-methyl/N-ethyl adjacent to an activating group) is 1. The third-order valence-corrected chi connectivity index (χ3v) is 9.14. The summed E-state index contributed by atoms with van der Waals surface area (Å²) in [5.74, 6) is -0.450. The van der Waals surface area contributed by atoms with Gasteiger partial charge in [0.05, 0.1) is 20.9 Å². The van der Waals surface area contributed by atoms with Crippen LogP contribution in [-0.4, -0.2) is 66.7 Å². The number of aromatic nitrogens is 1. The number of rotatable bonds is 13. The summed E-state index contributed by atoms with van der Waals surface area (Å²) in [7, 11) is -2.34. The molecular weight excluding hydrogens is 498 g/mol. The van der Waals surface area contributed by atoms with Crippen molar-refractivity contribution in [1.29, 1.82) is 0 Å². The van der Waals surface area contributed by atoms with Crippen LogP contribution in [0.3, 0.4) is 0 Å². The summed E-state index contributed by atoms with van der Waals surface area (Å²) in [4.78, 5) is 29.9. The molecule has 2 aromatic rings. The van der Waals surface area contributed by atoms with Crippen LogP contribution in [0.5, 0.6) is 0 Å². The summed E-state index contributed by atoms with van der Waals surface area (Å²) < 4.78 is 32.4. The molecule has 0 spiro atoms. The second-order valence-electron chi connectivity index (χ2n) is 8.23. The molecule has 0 aliphatic carbocycles. The monoisotopic (exact) mass is 531 g/mol. The number of ether oxygens (including phenoxy) is 1. The molecule has 1 aromatic carbocycles. The van der Waals surface area contributed by atoms with E-state index in [4.69, 9.17) is 9.94 Å². The normalized spacial score (nSPS) is 12.6. The number of thioether (sulfide) groups is 1. The maximum Gasteiger partial charge on any atom is 0.410 e. The van der Waals surface area contributed by atoms with E-state index in [1.54, 1.807) is 37.7 Å². The molecule has 0 fully saturated rings. The lowest BCUT2D eigenvalue weighted by molar-refractivity contribution is -0.135. The van der Waals surface area contributed by atoms with Crippen molar-refractivity contribution in [3.63, 3.8) is 0 Å². The van der Waals surface area contributed by atoms with Crippen molar-refractivity contribution in [2.75, 3.05) is 25.2 Å². The number of hydrogen-bond donors (Lipinski definition) is 2. The van der Waals surface area contributed by atoms with E-state index in [9.17, 15) is 18.0 Å². The van der Waals surface area contributed by atoms with Gasteiger partial charge in [-0.05, 0) is 30.5 Å². The Morgan fingerprint density at radius 2 is 2.00 bits per heavy atom. The van der Waals surface area contributed by atoms with Gasteiger partial charge in [0.1, 0.15) is 12.6 Å². The lowest BCUT2D eigenvalue weighted by atomic mass is 10.0. The summed E-state index contributed by atoms with van der Waals surface area (Å²) in [6, 6.07) is 3.86. The molecule has 1 aromatic heterocycles. The van der Waals surface area contributed by atoms with Crippen molar-refractivity contribution < 1.29 is 28.0 Å². The number of hydrogen-bond acceptors (Lipinski definition) is 9. The van der Waals surface area contributed by atoms with Crippen LogP contribution in [0.25, 0.3) is 10.2 Å². The lowest BCUT2D eigenvalue weighted by Gasteiger charge is -2.28. The van der Waals surface area contributed by atoms with E-state index in [1.165, 1.54) is 49.2 Å². The average molecular weight is 532 g/mol. The number of benzene rings is 1. The van der Waals surface area contributed by atoms with Gasteiger partial charge in [-0.2, -0.15) is 0 Å². The predicted molar refractivity (Wildman–Crippen MR) is 134 cm³/mol. The van der Waals surface area contributed by atoms with Gasteiger partial charge in [-0.25, -0.2) is 23.7 Å². The third-order valence-electron chi connectivity index (χ3n) is 5.22. The Bertz CT molecular complexity index is 1070. The summed E-state index contributed by atoms with van der Waals surface area (Å²) in [6.07, 6.45) is 3.90. The fraction of sp³-hybridized carbons (Fsp3) is 0.591. The molecule has 0 bridgehead atoms. The highest BCUT2D eigenvalue weighted by Gasteiger charge is 2.31. The minimum atomic E-state index is -3.69. The number of carbonyl (C=O) groups excluding carboxylic acids is 2. The second kappa shape index (κ2) is 13.3. The topological polar surface area (TPSA) is 126 Å². The number of nitrogens with zero attached hydrogens (tertiary/aromatic N) is 2. The van der Waals surface area contributed by atoms with Crippen LogP contribution in [0.2, 0.25) is 0 Å². The molecule has 0 aliphatic rings. The average Bonchev–Trinajstić information content (AvgIpc) is 3.20. The number of nitrogens with one attached hydrogen (secondary N) is 1. The molecule has 2 amide bonds. The molecule has 2 rings (SSSR count). The van der Waals surface area contributed by atoms with E-state index < -0.39 is 33.6 Å². The molecule has 1 heterocycles. The van der Waals surface area contributed by atoms with E-state index in [-0.39, 0.29) is 17.4 Å². The van der Waals surface area contributed by atoms with E-state index in [0.717, 1.165) is 31.6 Å². The predicted octanol–water partition coefficient (Wildman–Crippen LogP) is 4.34. The first-order valence-electron chi connectivity index (χ1n) is 11.2. The Hall–Kier alpha value is -1.89. The Morgan fingerprint density at radius 3 is 2.65 bits per heavy atom. The number of thiazole rings is 1. The number of carbonyl (C=O) groups is 2. The highest BCUT2D eigenvalue weighted by Crippen LogP contribution is 2.32. The molecule has 2 N–H and O–H groups in total. The van der Waals surface area contributed by atoms with Gasteiger partial charge >= 0.3 is 6.09 Å². The van der Waals surface area contributed by atoms with Crippen molar-refractivity contribution in [3.8, 4) is 0 Å². The highest BCUT2D eigenvalue weighted by molar-refractivity contribution is 8.01. The summed E-state index contributed by atoms with van der Waals surface area (Å²) in [5.41, 5.74) is 2.29. The first-order chi connectivity index (χ1) is 16.1. The molecule has 0 saturated carbocycles. The van der Waals surface area contributed by atoms with Crippen molar-refractivity contribution in [1.82, 2.24) is 15.4 Å². The number of amides is 2. The number of unbranched alkanes of at least 4 members (excludes halogenated alkanes) is 3. The van der Waals surface area contributed by atoms with Crippen molar-refractivity contribution >= 4 is 55.2 Å². The zero-order chi connectivity index (χ0) is 25.3. The van der Waals surface area contributed by atoms with Crippen LogP contribution in [0.4, 0.5) is 4.79 Å². The van der Waals surface area contributed by atoms with E-state index >= 15 is 0 Å². The van der Waals surface area contributed by atoms with Crippen LogP contribution < -0.4 is 5.48 Å². The fourth-order valence-electron chi connectivity index (χ4n) is 3.39. The molecular formula is C22H33N3O6S3. The zero-order valence-electron chi connectivity index (χ0n) is 19.9. The molecule has 0 radical (unpaired) electrons. The third kappa shape index (κ3) is 7.82. The Labute approximate surface area is 209 Å². The number of fused-ring (bicyclic) bond motifs is 1. The zero-order valence-corrected chi connectivity index (χ0v) is 22.4. The molecule has 34 heavy (non-hydrogen) atoms. The molecule has 0 aliphatic heterocycles.